The zero-order valence-electron chi connectivity index (χ0n) is 10.7. The topological polar surface area (TPSA) is 96.4 Å². The first kappa shape index (κ1) is 15.1. The number of carbonyl (C=O) groups is 1. The second-order valence-electron chi connectivity index (χ2n) is 4.01. The van der Waals surface area contributed by atoms with Crippen molar-refractivity contribution >= 4 is 38.7 Å². The fraction of sp³-hybridized carbons (Fsp3) is 0.273. The predicted octanol–water partition coefficient (Wildman–Crippen LogP) is 2.00. The van der Waals surface area contributed by atoms with Crippen LogP contribution in [0.3, 0.4) is 0 Å². The second-order valence-corrected chi connectivity index (χ2v) is 8.32. The molecule has 0 unspecified atom stereocenters. The third-order valence-electron chi connectivity index (χ3n) is 2.48. The van der Waals surface area contributed by atoms with Crippen LogP contribution in [0.4, 0.5) is 0 Å². The molecule has 0 aliphatic carbocycles. The minimum Gasteiger partial charge on any atom is -0.477 e. The molecule has 0 aliphatic rings. The van der Waals surface area contributed by atoms with Crippen molar-refractivity contribution in [2.75, 3.05) is 0 Å². The summed E-state index contributed by atoms with van der Waals surface area (Å²) in [5.41, 5.74) is 0. The first-order valence-corrected chi connectivity index (χ1v) is 8.66. The predicted molar refractivity (Wildman–Crippen MR) is 76.9 cm³/mol. The van der Waals surface area contributed by atoms with Crippen LogP contribution in [0, 0.1) is 13.8 Å². The molecule has 2 N–H and O–H groups in total. The molecule has 108 valence electrons. The number of nitrogens with zero attached hydrogens (tertiary/aromatic N) is 1. The highest BCUT2D eigenvalue weighted by molar-refractivity contribution is 7.89. The van der Waals surface area contributed by atoms with E-state index in [-0.39, 0.29) is 16.3 Å². The number of nitrogens with one attached hydrogen (secondary N) is 1. The molecule has 0 atom stereocenters. The summed E-state index contributed by atoms with van der Waals surface area (Å²) < 4.78 is 26.8. The number of hydrogen-bond acceptors (Lipinski definition) is 6. The quantitative estimate of drug-likeness (QED) is 0.873. The van der Waals surface area contributed by atoms with Gasteiger partial charge >= 0.3 is 5.97 Å². The molecular formula is C11H12N2O4S3. The van der Waals surface area contributed by atoms with Gasteiger partial charge in [0.05, 0.1) is 9.90 Å². The summed E-state index contributed by atoms with van der Waals surface area (Å²) in [6.07, 6.45) is 1.62. The van der Waals surface area contributed by atoms with Gasteiger partial charge in [0.25, 0.3) is 0 Å². The number of thiophene rings is 1. The van der Waals surface area contributed by atoms with Crippen LogP contribution in [-0.4, -0.2) is 24.5 Å². The molecule has 0 amide bonds. The summed E-state index contributed by atoms with van der Waals surface area (Å²) >= 11 is 2.36. The standard InChI is InChI=1S/C11H12N2O4S3/c1-6-10(3-9(18-6)11(14)15)20(16,17)13-5-8-4-12-7(2)19-8/h3-4,13H,5H2,1-2H3,(H,14,15). The van der Waals surface area contributed by atoms with Crippen LogP contribution in [-0.2, 0) is 16.6 Å². The molecule has 9 heteroatoms. The van der Waals surface area contributed by atoms with E-state index in [2.05, 4.69) is 9.71 Å². The average Bonchev–Trinajstić information content (AvgIpc) is 2.93. The number of carboxylic acid groups (broad SMARTS) is 1. The van der Waals surface area contributed by atoms with E-state index in [1.165, 1.54) is 17.4 Å². The van der Waals surface area contributed by atoms with E-state index in [0.29, 0.717) is 4.88 Å². The van der Waals surface area contributed by atoms with Crippen molar-refractivity contribution in [2.24, 2.45) is 0 Å². The van der Waals surface area contributed by atoms with Gasteiger partial charge in [0, 0.05) is 22.5 Å². The van der Waals surface area contributed by atoms with E-state index in [4.69, 9.17) is 5.11 Å². The number of sulfonamides is 1. The van der Waals surface area contributed by atoms with E-state index >= 15 is 0 Å². The lowest BCUT2D eigenvalue weighted by Gasteiger charge is -2.04. The van der Waals surface area contributed by atoms with E-state index in [9.17, 15) is 13.2 Å². The molecule has 0 saturated carbocycles. The van der Waals surface area contributed by atoms with Crippen molar-refractivity contribution in [3.63, 3.8) is 0 Å². The maximum Gasteiger partial charge on any atom is 0.345 e. The van der Waals surface area contributed by atoms with Gasteiger partial charge in [-0.15, -0.1) is 22.7 Å². The van der Waals surface area contributed by atoms with Crippen LogP contribution in [0.15, 0.2) is 17.2 Å². The van der Waals surface area contributed by atoms with Crippen LogP contribution in [0.1, 0.15) is 24.4 Å². The van der Waals surface area contributed by atoms with Crippen LogP contribution in [0.2, 0.25) is 0 Å². The third kappa shape index (κ3) is 3.23. The van der Waals surface area contributed by atoms with Crippen LogP contribution >= 0.6 is 22.7 Å². The summed E-state index contributed by atoms with van der Waals surface area (Å²) in [6, 6.07) is 1.18. The minimum atomic E-state index is -3.72. The Balaban J connectivity index is 2.20. The largest absolute Gasteiger partial charge is 0.477 e. The Labute approximate surface area is 124 Å². The first-order chi connectivity index (χ1) is 9.29. The number of carboxylic acids is 1. The Morgan fingerprint density at radius 2 is 2.10 bits per heavy atom. The molecule has 2 heterocycles. The molecule has 2 rings (SSSR count). The van der Waals surface area contributed by atoms with Crippen molar-refractivity contribution in [3.05, 3.63) is 31.9 Å². The molecule has 6 nitrogen and oxygen atoms in total. The third-order valence-corrected chi connectivity index (χ3v) is 6.09. The highest BCUT2D eigenvalue weighted by atomic mass is 32.2. The fourth-order valence-corrected chi connectivity index (χ4v) is 4.83. The van der Waals surface area contributed by atoms with E-state index in [0.717, 1.165) is 21.2 Å². The summed E-state index contributed by atoms with van der Waals surface area (Å²) in [5, 5.41) is 9.75. The van der Waals surface area contributed by atoms with Gasteiger partial charge < -0.3 is 5.11 Å². The molecule has 0 bridgehead atoms. The minimum absolute atomic E-state index is 0.0107. The van der Waals surface area contributed by atoms with Crippen molar-refractivity contribution in [3.8, 4) is 0 Å². The van der Waals surface area contributed by atoms with Crippen LogP contribution in [0.5, 0.6) is 0 Å². The zero-order chi connectivity index (χ0) is 14.9. The Morgan fingerprint density at radius 1 is 1.40 bits per heavy atom. The van der Waals surface area contributed by atoms with E-state index in [1.54, 1.807) is 13.1 Å². The Morgan fingerprint density at radius 3 is 2.60 bits per heavy atom. The van der Waals surface area contributed by atoms with Crippen molar-refractivity contribution in [1.29, 1.82) is 0 Å². The Kier molecular flexibility index (Phi) is 4.23. The number of rotatable bonds is 5. The number of aryl methyl sites for hydroxylation is 2. The van der Waals surface area contributed by atoms with Gasteiger partial charge in [0.1, 0.15) is 4.88 Å². The van der Waals surface area contributed by atoms with Gasteiger partial charge in [-0.3, -0.25) is 0 Å². The Hall–Kier alpha value is -1.29. The zero-order valence-corrected chi connectivity index (χ0v) is 13.2. The van der Waals surface area contributed by atoms with Gasteiger partial charge in [-0.2, -0.15) is 0 Å². The fourth-order valence-electron chi connectivity index (χ4n) is 1.57. The van der Waals surface area contributed by atoms with E-state index in [1.807, 2.05) is 6.92 Å². The molecule has 0 saturated heterocycles. The van der Waals surface area contributed by atoms with Gasteiger partial charge in [0.2, 0.25) is 10.0 Å². The highest BCUT2D eigenvalue weighted by Crippen LogP contribution is 2.26. The number of thiazole rings is 1. The molecular weight excluding hydrogens is 320 g/mol. The van der Waals surface area contributed by atoms with Gasteiger partial charge in [-0.1, -0.05) is 0 Å². The van der Waals surface area contributed by atoms with Gasteiger partial charge in [0.15, 0.2) is 0 Å². The first-order valence-electron chi connectivity index (χ1n) is 5.54. The molecule has 0 aromatic carbocycles. The van der Waals surface area contributed by atoms with Crippen molar-refractivity contribution in [2.45, 2.75) is 25.3 Å². The summed E-state index contributed by atoms with van der Waals surface area (Å²) in [4.78, 5) is 16.2. The molecule has 0 spiro atoms. The highest BCUT2D eigenvalue weighted by Gasteiger charge is 2.22. The number of aromatic nitrogens is 1. The molecule has 0 radical (unpaired) electrons. The van der Waals surface area contributed by atoms with E-state index < -0.39 is 16.0 Å². The lowest BCUT2D eigenvalue weighted by atomic mass is 10.4. The molecule has 2 aromatic heterocycles. The lowest BCUT2D eigenvalue weighted by molar-refractivity contribution is 0.0702. The Bertz CT molecular complexity index is 746. The normalized spacial score (nSPS) is 11.7. The maximum atomic E-state index is 12.2. The summed E-state index contributed by atoms with van der Waals surface area (Å²) in [7, 11) is -3.72. The molecule has 2 aromatic rings. The maximum absolute atomic E-state index is 12.2. The average molecular weight is 332 g/mol. The molecule has 20 heavy (non-hydrogen) atoms. The number of hydrogen-bond donors (Lipinski definition) is 2. The van der Waals surface area contributed by atoms with Gasteiger partial charge in [-0.05, 0) is 19.9 Å². The monoisotopic (exact) mass is 332 g/mol. The molecule has 0 aliphatic heterocycles. The van der Waals surface area contributed by atoms with Crippen LogP contribution in [0.25, 0.3) is 0 Å². The van der Waals surface area contributed by atoms with Gasteiger partial charge in [-0.25, -0.2) is 22.9 Å². The second kappa shape index (κ2) is 5.60. The summed E-state index contributed by atoms with van der Waals surface area (Å²) in [6.45, 7) is 3.57. The van der Waals surface area contributed by atoms with Crippen molar-refractivity contribution in [1.82, 2.24) is 9.71 Å². The lowest BCUT2D eigenvalue weighted by Crippen LogP contribution is -2.23. The SMILES string of the molecule is Cc1ncc(CNS(=O)(=O)c2cc(C(=O)O)sc2C)s1. The number of aromatic carboxylic acids is 1. The molecule has 0 fully saturated rings. The smallest absolute Gasteiger partial charge is 0.345 e. The summed E-state index contributed by atoms with van der Waals surface area (Å²) in [5.74, 6) is -1.13. The van der Waals surface area contributed by atoms with Crippen LogP contribution < -0.4 is 4.72 Å². The van der Waals surface area contributed by atoms with Crippen molar-refractivity contribution < 1.29 is 18.3 Å².